The number of esters is 1. The van der Waals surface area contributed by atoms with E-state index in [9.17, 15) is 25.0 Å². The molecule has 2 rings (SSSR count). The van der Waals surface area contributed by atoms with Crippen molar-refractivity contribution >= 4 is 17.3 Å². The van der Waals surface area contributed by atoms with Gasteiger partial charge >= 0.3 is 11.7 Å². The Hall–Kier alpha value is -3.29. The number of hydrogen-bond donors (Lipinski definition) is 0. The lowest BCUT2D eigenvalue weighted by Gasteiger charge is -2.04. The highest BCUT2D eigenvalue weighted by atomic mass is 16.6. The minimum absolute atomic E-state index is 0.213. The van der Waals surface area contributed by atoms with E-state index in [1.165, 1.54) is 12.1 Å². The Morgan fingerprint density at radius 2 is 1.62 bits per heavy atom. The predicted molar refractivity (Wildman–Crippen MR) is 71.2 cm³/mol. The standard InChI is InChI=1S/C13H8N2O6/c16-13(9-4-2-1-3-5-9)21-12-7-6-10(14(17)18)8-11(12)15(19)20/h1-8H. The zero-order valence-electron chi connectivity index (χ0n) is 10.5. The number of non-ortho nitro benzene ring substituents is 1. The Bertz CT molecular complexity index is 714. The van der Waals surface area contributed by atoms with E-state index >= 15 is 0 Å². The van der Waals surface area contributed by atoms with Gasteiger partial charge < -0.3 is 4.74 Å². The van der Waals surface area contributed by atoms with Gasteiger partial charge in [-0.2, -0.15) is 0 Å². The van der Waals surface area contributed by atoms with Crippen LogP contribution in [0.1, 0.15) is 10.4 Å². The zero-order valence-corrected chi connectivity index (χ0v) is 10.5. The third-order valence-electron chi connectivity index (χ3n) is 2.56. The summed E-state index contributed by atoms with van der Waals surface area (Å²) < 4.78 is 4.92. The quantitative estimate of drug-likeness (QED) is 0.370. The zero-order chi connectivity index (χ0) is 15.4. The second-order valence-electron chi connectivity index (χ2n) is 3.92. The first kappa shape index (κ1) is 14.1. The van der Waals surface area contributed by atoms with Gasteiger partial charge in [-0.3, -0.25) is 20.2 Å². The van der Waals surface area contributed by atoms with Crippen molar-refractivity contribution < 1.29 is 19.4 Å². The lowest BCUT2D eigenvalue weighted by molar-refractivity contribution is -0.394. The number of ether oxygens (including phenoxy) is 1. The second-order valence-corrected chi connectivity index (χ2v) is 3.92. The molecule has 0 bridgehead atoms. The molecule has 2 aromatic rings. The highest BCUT2D eigenvalue weighted by Crippen LogP contribution is 2.31. The van der Waals surface area contributed by atoms with Crippen LogP contribution in [-0.2, 0) is 0 Å². The number of nitro groups is 2. The van der Waals surface area contributed by atoms with Crippen LogP contribution < -0.4 is 4.74 Å². The third kappa shape index (κ3) is 3.18. The van der Waals surface area contributed by atoms with E-state index in [1.54, 1.807) is 18.2 Å². The summed E-state index contributed by atoms with van der Waals surface area (Å²) in [5.41, 5.74) is -0.889. The van der Waals surface area contributed by atoms with E-state index < -0.39 is 27.2 Å². The molecule has 0 amide bonds. The van der Waals surface area contributed by atoms with Crippen molar-refractivity contribution in [1.29, 1.82) is 0 Å². The summed E-state index contributed by atoms with van der Waals surface area (Å²) in [6.07, 6.45) is 0. The predicted octanol–water partition coefficient (Wildman–Crippen LogP) is 2.72. The molecule has 0 atom stereocenters. The van der Waals surface area contributed by atoms with Gasteiger partial charge in [0.05, 0.1) is 21.5 Å². The van der Waals surface area contributed by atoms with Crippen molar-refractivity contribution in [2.24, 2.45) is 0 Å². The van der Waals surface area contributed by atoms with Crippen molar-refractivity contribution in [1.82, 2.24) is 0 Å². The summed E-state index contributed by atoms with van der Waals surface area (Å²) in [7, 11) is 0. The number of carbonyl (C=O) groups is 1. The normalized spacial score (nSPS) is 9.90. The average Bonchev–Trinajstić information content (AvgIpc) is 2.48. The summed E-state index contributed by atoms with van der Waals surface area (Å²) in [6, 6.07) is 10.7. The maximum absolute atomic E-state index is 11.8. The van der Waals surface area contributed by atoms with Crippen LogP contribution in [0.5, 0.6) is 5.75 Å². The molecular formula is C13H8N2O6. The smallest absolute Gasteiger partial charge is 0.343 e. The van der Waals surface area contributed by atoms with E-state index in [-0.39, 0.29) is 11.3 Å². The molecule has 8 nitrogen and oxygen atoms in total. The van der Waals surface area contributed by atoms with E-state index in [2.05, 4.69) is 0 Å². The fourth-order valence-electron chi connectivity index (χ4n) is 1.58. The molecule has 0 radical (unpaired) electrons. The first-order chi connectivity index (χ1) is 9.99. The Morgan fingerprint density at radius 1 is 0.952 bits per heavy atom. The molecule has 21 heavy (non-hydrogen) atoms. The number of nitrogens with zero attached hydrogens (tertiary/aromatic N) is 2. The molecule has 0 saturated heterocycles. The van der Waals surface area contributed by atoms with Crippen LogP contribution in [0.25, 0.3) is 0 Å². The molecule has 8 heteroatoms. The fraction of sp³-hybridized carbons (Fsp3) is 0. The topological polar surface area (TPSA) is 113 Å². The van der Waals surface area contributed by atoms with E-state index in [1.807, 2.05) is 0 Å². The van der Waals surface area contributed by atoms with Crippen molar-refractivity contribution in [3.05, 3.63) is 74.3 Å². The third-order valence-corrected chi connectivity index (χ3v) is 2.56. The monoisotopic (exact) mass is 288 g/mol. The lowest BCUT2D eigenvalue weighted by Crippen LogP contribution is -2.09. The molecule has 0 aliphatic rings. The van der Waals surface area contributed by atoms with Crippen LogP contribution in [0.2, 0.25) is 0 Å². The number of carbonyl (C=O) groups excluding carboxylic acids is 1. The van der Waals surface area contributed by atoms with Crippen LogP contribution in [0.3, 0.4) is 0 Å². The Morgan fingerprint density at radius 3 is 2.19 bits per heavy atom. The summed E-state index contributed by atoms with van der Waals surface area (Å²) in [4.78, 5) is 31.7. The number of nitro benzene ring substituents is 2. The van der Waals surface area contributed by atoms with Gasteiger partial charge in [-0.15, -0.1) is 0 Å². The number of rotatable bonds is 4. The number of benzene rings is 2. The lowest BCUT2D eigenvalue weighted by atomic mass is 10.2. The van der Waals surface area contributed by atoms with Crippen molar-refractivity contribution in [2.75, 3.05) is 0 Å². The van der Waals surface area contributed by atoms with Gasteiger partial charge in [0.25, 0.3) is 5.69 Å². The molecular weight excluding hydrogens is 280 g/mol. The van der Waals surface area contributed by atoms with Gasteiger partial charge in [-0.25, -0.2) is 4.79 Å². The Labute approximate surface area is 117 Å². The van der Waals surface area contributed by atoms with Gasteiger partial charge in [0.15, 0.2) is 0 Å². The summed E-state index contributed by atoms with van der Waals surface area (Å²) in [5, 5.41) is 21.5. The van der Waals surface area contributed by atoms with E-state index in [0.717, 1.165) is 18.2 Å². The van der Waals surface area contributed by atoms with Gasteiger partial charge in [0.2, 0.25) is 5.75 Å². The Balaban J connectivity index is 2.34. The van der Waals surface area contributed by atoms with Crippen LogP contribution >= 0.6 is 0 Å². The SMILES string of the molecule is O=C(Oc1ccc([N+](=O)[O-])cc1[N+](=O)[O-])c1ccccc1. The minimum Gasteiger partial charge on any atom is -0.416 e. The first-order valence-electron chi connectivity index (χ1n) is 5.69. The molecule has 0 heterocycles. The van der Waals surface area contributed by atoms with Crippen molar-refractivity contribution in [3.63, 3.8) is 0 Å². The minimum atomic E-state index is -0.847. The highest BCUT2D eigenvalue weighted by molar-refractivity contribution is 5.91. The van der Waals surface area contributed by atoms with Crippen molar-refractivity contribution in [2.45, 2.75) is 0 Å². The van der Waals surface area contributed by atoms with Crippen molar-refractivity contribution in [3.8, 4) is 5.75 Å². The molecule has 0 aromatic heterocycles. The summed E-state index contributed by atoms with van der Waals surface area (Å²) in [6.45, 7) is 0. The molecule has 2 aromatic carbocycles. The van der Waals surface area contributed by atoms with Crippen LogP contribution in [0, 0.1) is 20.2 Å². The average molecular weight is 288 g/mol. The molecule has 0 aliphatic carbocycles. The van der Waals surface area contributed by atoms with Gasteiger partial charge in [-0.1, -0.05) is 18.2 Å². The van der Waals surface area contributed by atoms with Crippen LogP contribution in [-0.4, -0.2) is 15.8 Å². The fourth-order valence-corrected chi connectivity index (χ4v) is 1.58. The molecule has 0 aliphatic heterocycles. The van der Waals surface area contributed by atoms with Crippen LogP contribution in [0.4, 0.5) is 11.4 Å². The highest BCUT2D eigenvalue weighted by Gasteiger charge is 2.23. The first-order valence-corrected chi connectivity index (χ1v) is 5.69. The van der Waals surface area contributed by atoms with Gasteiger partial charge in [0.1, 0.15) is 0 Å². The summed E-state index contributed by atoms with van der Waals surface area (Å²) >= 11 is 0. The molecule has 0 spiro atoms. The van der Waals surface area contributed by atoms with Crippen LogP contribution in [0.15, 0.2) is 48.5 Å². The maximum atomic E-state index is 11.8. The summed E-state index contributed by atoms with van der Waals surface area (Å²) in [5.74, 6) is -1.13. The number of hydrogen-bond acceptors (Lipinski definition) is 6. The molecule has 0 N–H and O–H groups in total. The molecule has 0 unspecified atom stereocenters. The van der Waals surface area contributed by atoms with Gasteiger partial charge in [0, 0.05) is 6.07 Å². The maximum Gasteiger partial charge on any atom is 0.343 e. The molecule has 0 fully saturated rings. The van der Waals surface area contributed by atoms with Gasteiger partial charge in [-0.05, 0) is 18.2 Å². The van der Waals surface area contributed by atoms with E-state index in [0.29, 0.717) is 0 Å². The Kier molecular flexibility index (Phi) is 3.89. The largest absolute Gasteiger partial charge is 0.416 e. The molecule has 106 valence electrons. The second kappa shape index (κ2) is 5.78. The van der Waals surface area contributed by atoms with E-state index in [4.69, 9.17) is 4.74 Å². The molecule has 0 saturated carbocycles.